The zero-order chi connectivity index (χ0) is 9.14. The van der Waals surface area contributed by atoms with Crippen LogP contribution >= 0.6 is 22.6 Å². The molecule has 0 aliphatic heterocycles. The van der Waals surface area contributed by atoms with E-state index in [0.29, 0.717) is 3.57 Å². The molecule has 0 radical (unpaired) electrons. The fraction of sp³-hybridized carbons (Fsp3) is 0.143. The maximum absolute atomic E-state index is 12.1. The quantitative estimate of drug-likeness (QED) is 0.741. The maximum Gasteiger partial charge on any atom is 0.266 e. The van der Waals surface area contributed by atoms with Crippen LogP contribution in [0.3, 0.4) is 0 Å². The van der Waals surface area contributed by atoms with Gasteiger partial charge in [-0.1, -0.05) is 0 Å². The van der Waals surface area contributed by atoms with Crippen LogP contribution in [0.1, 0.15) is 17.7 Å². The Hall–Kier alpha value is -0.770. The zero-order valence-electron chi connectivity index (χ0n) is 5.76. The number of halogens is 3. The van der Waals surface area contributed by atoms with Crippen molar-refractivity contribution >= 4 is 22.6 Å². The summed E-state index contributed by atoms with van der Waals surface area (Å²) in [5, 5.41) is 8.39. The van der Waals surface area contributed by atoms with E-state index in [1.54, 1.807) is 28.7 Å². The average molecular weight is 280 g/mol. The number of pyridine rings is 1. The molecule has 1 heterocycles. The summed E-state index contributed by atoms with van der Waals surface area (Å²) in [6.07, 6.45) is -1.50. The molecule has 1 aromatic heterocycles. The van der Waals surface area contributed by atoms with Crippen molar-refractivity contribution in [2.24, 2.45) is 0 Å². The number of nitriles is 1. The number of aromatic nitrogens is 1. The molecule has 12 heavy (non-hydrogen) atoms. The summed E-state index contributed by atoms with van der Waals surface area (Å²) in [4.78, 5) is 3.53. The molecule has 0 aliphatic carbocycles. The van der Waals surface area contributed by atoms with Crippen LogP contribution in [0.25, 0.3) is 0 Å². The molecule has 5 heteroatoms. The number of hydrogen-bond donors (Lipinski definition) is 0. The molecular formula is C7H3F2IN2. The third-order valence-corrected chi connectivity index (χ3v) is 2.17. The minimum atomic E-state index is -2.53. The van der Waals surface area contributed by atoms with E-state index in [1.165, 1.54) is 6.07 Å². The summed E-state index contributed by atoms with van der Waals surface area (Å²) in [5.41, 5.74) is 0.0263. The summed E-state index contributed by atoms with van der Waals surface area (Å²) in [7, 11) is 0. The Morgan fingerprint density at radius 3 is 2.67 bits per heavy atom. The Labute approximate surface area is 81.4 Å². The Morgan fingerprint density at radius 1 is 1.58 bits per heavy atom. The predicted octanol–water partition coefficient (Wildman–Crippen LogP) is 2.50. The molecule has 0 amide bonds. The van der Waals surface area contributed by atoms with Gasteiger partial charge in [-0.3, -0.25) is 0 Å². The third kappa shape index (κ3) is 1.88. The van der Waals surface area contributed by atoms with Crippen LogP contribution in [-0.4, -0.2) is 4.98 Å². The van der Waals surface area contributed by atoms with Crippen molar-refractivity contribution in [1.82, 2.24) is 4.98 Å². The maximum atomic E-state index is 12.1. The van der Waals surface area contributed by atoms with E-state index in [0.717, 1.165) is 6.20 Å². The van der Waals surface area contributed by atoms with Gasteiger partial charge >= 0.3 is 0 Å². The SMILES string of the molecule is N#Cc1cc(I)c(C(F)F)cn1. The van der Waals surface area contributed by atoms with Gasteiger partial charge in [0, 0.05) is 15.3 Å². The summed E-state index contributed by atoms with van der Waals surface area (Å²) in [6, 6.07) is 3.11. The fourth-order valence-corrected chi connectivity index (χ4v) is 1.33. The van der Waals surface area contributed by atoms with Gasteiger partial charge in [-0.2, -0.15) is 5.26 Å². The van der Waals surface area contributed by atoms with Gasteiger partial charge in [0.05, 0.1) is 0 Å². The molecule has 0 aromatic carbocycles. The molecule has 1 aromatic rings. The highest BCUT2D eigenvalue weighted by Crippen LogP contribution is 2.23. The summed E-state index contributed by atoms with van der Waals surface area (Å²) >= 11 is 1.75. The van der Waals surface area contributed by atoms with E-state index in [-0.39, 0.29) is 11.3 Å². The molecule has 0 saturated carbocycles. The molecule has 0 fully saturated rings. The van der Waals surface area contributed by atoms with Gasteiger partial charge in [0.2, 0.25) is 0 Å². The van der Waals surface area contributed by atoms with Crippen molar-refractivity contribution in [2.75, 3.05) is 0 Å². The largest absolute Gasteiger partial charge is 0.266 e. The van der Waals surface area contributed by atoms with E-state index in [2.05, 4.69) is 4.98 Å². The van der Waals surface area contributed by atoms with E-state index in [9.17, 15) is 8.78 Å². The Balaban J connectivity index is 3.14. The van der Waals surface area contributed by atoms with Crippen molar-refractivity contribution in [2.45, 2.75) is 6.43 Å². The van der Waals surface area contributed by atoms with Crippen LogP contribution in [0, 0.1) is 14.9 Å². The van der Waals surface area contributed by atoms with Crippen LogP contribution in [0.5, 0.6) is 0 Å². The van der Waals surface area contributed by atoms with Crippen LogP contribution < -0.4 is 0 Å². The highest BCUT2D eigenvalue weighted by Gasteiger charge is 2.11. The molecule has 1 rings (SSSR count). The Kier molecular flexibility index (Phi) is 2.92. The standard InChI is InChI=1S/C7H3F2IN2/c8-7(9)5-3-12-4(2-11)1-6(5)10/h1,3,7H. The molecule has 0 unspecified atom stereocenters. The van der Waals surface area contributed by atoms with Crippen LogP contribution in [0.2, 0.25) is 0 Å². The van der Waals surface area contributed by atoms with Gasteiger partial charge in [-0.15, -0.1) is 0 Å². The van der Waals surface area contributed by atoms with Crippen molar-refractivity contribution in [3.63, 3.8) is 0 Å². The molecule has 62 valence electrons. The lowest BCUT2D eigenvalue weighted by atomic mass is 10.2. The monoisotopic (exact) mass is 280 g/mol. The zero-order valence-corrected chi connectivity index (χ0v) is 7.92. The van der Waals surface area contributed by atoms with Crippen molar-refractivity contribution in [3.8, 4) is 6.07 Å². The molecule has 0 aliphatic rings. The minimum absolute atomic E-state index is 0.130. The van der Waals surface area contributed by atoms with Crippen molar-refractivity contribution in [3.05, 3.63) is 27.1 Å². The van der Waals surface area contributed by atoms with Gasteiger partial charge in [0.1, 0.15) is 11.8 Å². The lowest BCUT2D eigenvalue weighted by Gasteiger charge is -2.00. The van der Waals surface area contributed by atoms with Crippen molar-refractivity contribution in [1.29, 1.82) is 5.26 Å². The second-order valence-electron chi connectivity index (χ2n) is 2.00. The first kappa shape index (κ1) is 9.32. The first-order valence-electron chi connectivity index (χ1n) is 2.99. The first-order valence-corrected chi connectivity index (χ1v) is 4.06. The molecule has 0 bridgehead atoms. The fourth-order valence-electron chi connectivity index (χ4n) is 0.663. The lowest BCUT2D eigenvalue weighted by molar-refractivity contribution is 0.150. The van der Waals surface area contributed by atoms with E-state index >= 15 is 0 Å². The highest BCUT2D eigenvalue weighted by atomic mass is 127. The van der Waals surface area contributed by atoms with Crippen LogP contribution in [0.15, 0.2) is 12.3 Å². The van der Waals surface area contributed by atoms with Crippen LogP contribution in [-0.2, 0) is 0 Å². The second-order valence-corrected chi connectivity index (χ2v) is 3.17. The normalized spacial score (nSPS) is 9.92. The molecular weight excluding hydrogens is 277 g/mol. The topological polar surface area (TPSA) is 36.7 Å². The van der Waals surface area contributed by atoms with Gasteiger partial charge in [0.25, 0.3) is 6.43 Å². The summed E-state index contributed by atoms with van der Waals surface area (Å²) in [5.74, 6) is 0. The Bertz CT molecular complexity index is 333. The minimum Gasteiger partial charge on any atom is -0.245 e. The average Bonchev–Trinajstić information content (AvgIpc) is 2.03. The molecule has 0 atom stereocenters. The summed E-state index contributed by atoms with van der Waals surface area (Å²) < 4.78 is 24.6. The summed E-state index contributed by atoms with van der Waals surface area (Å²) in [6.45, 7) is 0. The predicted molar refractivity (Wildman–Crippen MR) is 46.6 cm³/mol. The van der Waals surface area contributed by atoms with Gasteiger partial charge in [-0.05, 0) is 28.7 Å². The Morgan fingerprint density at radius 2 is 2.25 bits per heavy atom. The van der Waals surface area contributed by atoms with E-state index in [1.807, 2.05) is 0 Å². The second kappa shape index (κ2) is 3.76. The number of rotatable bonds is 1. The van der Waals surface area contributed by atoms with E-state index < -0.39 is 6.43 Å². The number of hydrogen-bond acceptors (Lipinski definition) is 2. The van der Waals surface area contributed by atoms with Gasteiger partial charge in [0.15, 0.2) is 0 Å². The van der Waals surface area contributed by atoms with Gasteiger partial charge in [-0.25, -0.2) is 13.8 Å². The van der Waals surface area contributed by atoms with Crippen LogP contribution in [0.4, 0.5) is 8.78 Å². The highest BCUT2D eigenvalue weighted by molar-refractivity contribution is 14.1. The lowest BCUT2D eigenvalue weighted by Crippen LogP contribution is -1.93. The van der Waals surface area contributed by atoms with E-state index in [4.69, 9.17) is 5.26 Å². The number of alkyl halides is 2. The smallest absolute Gasteiger partial charge is 0.245 e. The molecule has 0 spiro atoms. The first-order chi connectivity index (χ1) is 5.65. The molecule has 0 N–H and O–H groups in total. The third-order valence-electron chi connectivity index (χ3n) is 1.23. The van der Waals surface area contributed by atoms with Crippen molar-refractivity contribution < 1.29 is 8.78 Å². The van der Waals surface area contributed by atoms with Gasteiger partial charge < -0.3 is 0 Å². The molecule has 0 saturated heterocycles. The number of nitrogens with zero attached hydrogens (tertiary/aromatic N) is 2. The molecule has 2 nitrogen and oxygen atoms in total.